The van der Waals surface area contributed by atoms with Crippen LogP contribution in [0, 0.1) is 5.82 Å². The van der Waals surface area contributed by atoms with E-state index in [-0.39, 0.29) is 17.3 Å². The summed E-state index contributed by atoms with van der Waals surface area (Å²) in [6.07, 6.45) is 4.26. The minimum absolute atomic E-state index is 0.205. The van der Waals surface area contributed by atoms with Crippen LogP contribution in [0.25, 0.3) is 11.4 Å². The lowest BCUT2D eigenvalue weighted by molar-refractivity contribution is 0.102. The van der Waals surface area contributed by atoms with Crippen molar-refractivity contribution in [1.29, 1.82) is 0 Å². The maximum atomic E-state index is 14.2. The van der Waals surface area contributed by atoms with Crippen LogP contribution in [0.4, 0.5) is 10.1 Å². The van der Waals surface area contributed by atoms with Crippen molar-refractivity contribution in [3.63, 3.8) is 0 Å². The molecule has 120 valence electrons. The lowest BCUT2D eigenvalue weighted by Crippen LogP contribution is -2.15. The predicted octanol–water partition coefficient (Wildman–Crippen LogP) is 3.35. The van der Waals surface area contributed by atoms with Gasteiger partial charge in [0.25, 0.3) is 5.91 Å². The highest BCUT2D eigenvalue weighted by molar-refractivity contribution is 6.07. The summed E-state index contributed by atoms with van der Waals surface area (Å²) in [6, 6.07) is 10.3. The molecule has 3 aromatic rings. The molecule has 4 rings (SSSR count). The number of nitrogens with zero attached hydrogens (tertiary/aromatic N) is 2. The number of aromatic amines is 1. The first kappa shape index (κ1) is 14.6. The Morgan fingerprint density at radius 2 is 2.04 bits per heavy atom. The third-order valence-corrected chi connectivity index (χ3v) is 4.30. The lowest BCUT2D eigenvalue weighted by Gasteiger charge is -2.12. The van der Waals surface area contributed by atoms with Gasteiger partial charge in [0, 0.05) is 5.56 Å². The van der Waals surface area contributed by atoms with Crippen LogP contribution in [-0.4, -0.2) is 21.1 Å². The van der Waals surface area contributed by atoms with Crippen molar-refractivity contribution >= 4 is 11.6 Å². The number of anilines is 1. The number of nitrogens with one attached hydrogen (secondary N) is 2. The first-order chi connectivity index (χ1) is 11.7. The van der Waals surface area contributed by atoms with Crippen LogP contribution in [0.2, 0.25) is 0 Å². The van der Waals surface area contributed by atoms with Gasteiger partial charge in [0.15, 0.2) is 5.82 Å². The molecule has 2 N–H and O–H groups in total. The minimum Gasteiger partial charge on any atom is -0.321 e. The SMILES string of the molecule is O=C(Nc1cccc(F)c1-c1ncn[nH]1)c1cccc2c1CCC2. The highest BCUT2D eigenvalue weighted by Crippen LogP contribution is 2.30. The summed E-state index contributed by atoms with van der Waals surface area (Å²) >= 11 is 0. The van der Waals surface area contributed by atoms with Gasteiger partial charge in [-0.15, -0.1) is 0 Å². The van der Waals surface area contributed by atoms with Gasteiger partial charge in [0.05, 0.1) is 11.3 Å². The maximum absolute atomic E-state index is 14.2. The maximum Gasteiger partial charge on any atom is 0.255 e. The molecule has 1 heterocycles. The first-order valence-electron chi connectivity index (χ1n) is 7.80. The van der Waals surface area contributed by atoms with Gasteiger partial charge in [-0.1, -0.05) is 18.2 Å². The number of halogens is 1. The van der Waals surface area contributed by atoms with E-state index in [4.69, 9.17) is 0 Å². The van der Waals surface area contributed by atoms with E-state index in [0.29, 0.717) is 11.3 Å². The number of carbonyl (C=O) groups excluding carboxylic acids is 1. The molecular formula is C18H15FN4O. The van der Waals surface area contributed by atoms with Gasteiger partial charge in [-0.3, -0.25) is 9.89 Å². The van der Waals surface area contributed by atoms with Crippen LogP contribution in [0.1, 0.15) is 27.9 Å². The van der Waals surface area contributed by atoms with Crippen molar-refractivity contribution in [1.82, 2.24) is 15.2 Å². The molecule has 0 unspecified atom stereocenters. The lowest BCUT2D eigenvalue weighted by atomic mass is 10.0. The zero-order chi connectivity index (χ0) is 16.5. The fourth-order valence-electron chi connectivity index (χ4n) is 3.22. The van der Waals surface area contributed by atoms with Crippen molar-refractivity contribution in [3.05, 3.63) is 65.2 Å². The van der Waals surface area contributed by atoms with E-state index in [1.807, 2.05) is 12.1 Å². The number of rotatable bonds is 3. The molecule has 6 heteroatoms. The largest absolute Gasteiger partial charge is 0.321 e. The molecule has 1 aliphatic carbocycles. The number of aromatic nitrogens is 3. The van der Waals surface area contributed by atoms with E-state index in [1.54, 1.807) is 12.1 Å². The van der Waals surface area contributed by atoms with Gasteiger partial charge in [-0.05, 0) is 48.6 Å². The van der Waals surface area contributed by atoms with Crippen LogP contribution in [0.15, 0.2) is 42.7 Å². The number of carbonyl (C=O) groups is 1. The Morgan fingerprint density at radius 3 is 2.88 bits per heavy atom. The van der Waals surface area contributed by atoms with E-state index in [0.717, 1.165) is 24.8 Å². The van der Waals surface area contributed by atoms with Crippen LogP contribution >= 0.6 is 0 Å². The summed E-state index contributed by atoms with van der Waals surface area (Å²) in [5.41, 5.74) is 3.53. The van der Waals surface area contributed by atoms with Crippen molar-refractivity contribution in [2.45, 2.75) is 19.3 Å². The molecule has 1 aliphatic rings. The summed E-state index contributed by atoms with van der Waals surface area (Å²) in [5.74, 6) is -0.426. The van der Waals surface area contributed by atoms with E-state index in [9.17, 15) is 9.18 Å². The Kier molecular flexibility index (Phi) is 3.57. The molecule has 0 aliphatic heterocycles. The monoisotopic (exact) mass is 322 g/mol. The molecule has 2 aromatic carbocycles. The highest BCUT2D eigenvalue weighted by Gasteiger charge is 2.21. The molecule has 0 radical (unpaired) electrons. The second-order valence-electron chi connectivity index (χ2n) is 5.75. The third kappa shape index (κ3) is 2.46. The number of amides is 1. The number of hydrogen-bond acceptors (Lipinski definition) is 3. The molecule has 5 nitrogen and oxygen atoms in total. The predicted molar refractivity (Wildman–Crippen MR) is 88.2 cm³/mol. The molecule has 1 aromatic heterocycles. The smallest absolute Gasteiger partial charge is 0.255 e. The van der Waals surface area contributed by atoms with Crippen LogP contribution in [-0.2, 0) is 12.8 Å². The second-order valence-corrected chi connectivity index (χ2v) is 5.75. The molecule has 0 fully saturated rings. The normalized spacial score (nSPS) is 12.9. The van der Waals surface area contributed by atoms with Gasteiger partial charge < -0.3 is 5.32 Å². The standard InChI is InChI=1S/C18H15FN4O/c19-14-8-3-9-15(16(14)17-20-10-21-23-17)22-18(24)13-7-2-5-11-4-1-6-12(11)13/h2-3,5,7-10H,1,4,6H2,(H,22,24)(H,20,21,23). The van der Waals surface area contributed by atoms with Crippen molar-refractivity contribution in [2.24, 2.45) is 0 Å². The summed E-state index contributed by atoms with van der Waals surface area (Å²) in [4.78, 5) is 16.7. The average Bonchev–Trinajstić information content (AvgIpc) is 3.26. The number of hydrogen-bond donors (Lipinski definition) is 2. The Hall–Kier alpha value is -3.02. The van der Waals surface area contributed by atoms with E-state index < -0.39 is 5.82 Å². The summed E-state index contributed by atoms with van der Waals surface area (Å²) in [5, 5.41) is 9.21. The quantitative estimate of drug-likeness (QED) is 0.777. The number of fused-ring (bicyclic) bond motifs is 1. The summed E-state index contributed by atoms with van der Waals surface area (Å²) < 4.78 is 14.2. The molecule has 0 saturated heterocycles. The van der Waals surface area contributed by atoms with Crippen molar-refractivity contribution < 1.29 is 9.18 Å². The molecule has 24 heavy (non-hydrogen) atoms. The molecule has 0 saturated carbocycles. The van der Waals surface area contributed by atoms with E-state index >= 15 is 0 Å². The van der Waals surface area contributed by atoms with Gasteiger partial charge in [0.1, 0.15) is 12.1 Å². The summed E-state index contributed by atoms with van der Waals surface area (Å²) in [7, 11) is 0. The summed E-state index contributed by atoms with van der Waals surface area (Å²) in [6.45, 7) is 0. The number of benzene rings is 2. The second kappa shape index (κ2) is 5.88. The Labute approximate surface area is 137 Å². The Balaban J connectivity index is 1.71. The van der Waals surface area contributed by atoms with Crippen molar-refractivity contribution in [3.8, 4) is 11.4 Å². The van der Waals surface area contributed by atoms with E-state index in [1.165, 1.54) is 18.0 Å². The van der Waals surface area contributed by atoms with Crippen LogP contribution in [0.3, 0.4) is 0 Å². The zero-order valence-electron chi connectivity index (χ0n) is 12.8. The number of H-pyrrole nitrogens is 1. The Bertz CT molecular complexity index is 905. The highest BCUT2D eigenvalue weighted by atomic mass is 19.1. The van der Waals surface area contributed by atoms with Crippen LogP contribution < -0.4 is 5.32 Å². The van der Waals surface area contributed by atoms with E-state index in [2.05, 4.69) is 26.6 Å². The average molecular weight is 322 g/mol. The molecule has 0 atom stereocenters. The zero-order valence-corrected chi connectivity index (χ0v) is 12.8. The third-order valence-electron chi connectivity index (χ3n) is 4.30. The topological polar surface area (TPSA) is 70.7 Å². The Morgan fingerprint density at radius 1 is 1.17 bits per heavy atom. The first-order valence-corrected chi connectivity index (χ1v) is 7.80. The van der Waals surface area contributed by atoms with Gasteiger partial charge in [-0.25, -0.2) is 9.37 Å². The van der Waals surface area contributed by atoms with Gasteiger partial charge in [-0.2, -0.15) is 5.10 Å². The van der Waals surface area contributed by atoms with Gasteiger partial charge >= 0.3 is 0 Å². The minimum atomic E-state index is -0.470. The van der Waals surface area contributed by atoms with Gasteiger partial charge in [0.2, 0.25) is 0 Å². The van der Waals surface area contributed by atoms with Crippen LogP contribution in [0.5, 0.6) is 0 Å². The molecular weight excluding hydrogens is 307 g/mol. The molecule has 0 spiro atoms. The van der Waals surface area contributed by atoms with Crippen molar-refractivity contribution in [2.75, 3.05) is 5.32 Å². The molecule has 0 bridgehead atoms. The number of aryl methyl sites for hydroxylation is 1. The molecule has 1 amide bonds. The fraction of sp³-hybridized carbons (Fsp3) is 0.167. The fourth-order valence-corrected chi connectivity index (χ4v) is 3.22.